The molecule has 5 heteroatoms. The Labute approximate surface area is 123 Å². The predicted octanol–water partition coefficient (Wildman–Crippen LogP) is 3.18. The van der Waals surface area contributed by atoms with Gasteiger partial charge in [0.2, 0.25) is 0 Å². The molecule has 108 valence electrons. The van der Waals surface area contributed by atoms with Crippen LogP contribution in [0, 0.1) is 0 Å². The molecule has 2 N–H and O–H groups in total. The van der Waals surface area contributed by atoms with Gasteiger partial charge < -0.3 is 15.0 Å². The summed E-state index contributed by atoms with van der Waals surface area (Å²) in [5.74, 6) is 0.853. The van der Waals surface area contributed by atoms with Crippen LogP contribution in [0.15, 0.2) is 36.5 Å². The molecule has 0 atom stereocenters. The first-order valence-electron chi connectivity index (χ1n) is 7.12. The maximum Gasteiger partial charge on any atom is 0.178 e. The fourth-order valence-corrected chi connectivity index (χ4v) is 2.48. The minimum atomic E-state index is 0.221. The van der Waals surface area contributed by atoms with Crippen LogP contribution < -0.4 is 4.90 Å². The summed E-state index contributed by atoms with van der Waals surface area (Å²) in [5.41, 5.74) is 3.21. The molecule has 1 aromatic carbocycles. The predicted molar refractivity (Wildman–Crippen MR) is 84.6 cm³/mol. The Morgan fingerprint density at radius 3 is 2.67 bits per heavy atom. The van der Waals surface area contributed by atoms with Gasteiger partial charge in [-0.1, -0.05) is 0 Å². The SMILES string of the molecule is CCN(CC)c1ccc(-c2nc3ncccc3[nH]2)c(O)c1. The third-order valence-electron chi connectivity index (χ3n) is 3.62. The number of benzene rings is 1. The lowest BCUT2D eigenvalue weighted by Gasteiger charge is -2.21. The van der Waals surface area contributed by atoms with Gasteiger partial charge in [-0.25, -0.2) is 9.97 Å². The number of fused-ring (bicyclic) bond motifs is 1. The zero-order valence-electron chi connectivity index (χ0n) is 12.2. The third kappa shape index (κ3) is 2.42. The Bertz CT molecular complexity index is 729. The number of phenols is 1. The minimum absolute atomic E-state index is 0.221. The van der Waals surface area contributed by atoms with Crippen molar-refractivity contribution in [1.82, 2.24) is 15.0 Å². The molecule has 0 amide bonds. The molecule has 2 heterocycles. The normalized spacial score (nSPS) is 11.0. The van der Waals surface area contributed by atoms with Gasteiger partial charge in [-0.15, -0.1) is 0 Å². The lowest BCUT2D eigenvalue weighted by atomic mass is 10.1. The van der Waals surface area contributed by atoms with Crippen molar-refractivity contribution < 1.29 is 5.11 Å². The van der Waals surface area contributed by atoms with E-state index in [9.17, 15) is 5.11 Å². The van der Waals surface area contributed by atoms with Gasteiger partial charge in [0.25, 0.3) is 0 Å². The number of nitrogens with one attached hydrogen (secondary N) is 1. The van der Waals surface area contributed by atoms with Crippen molar-refractivity contribution in [2.24, 2.45) is 0 Å². The smallest absolute Gasteiger partial charge is 0.178 e. The number of anilines is 1. The number of aromatic amines is 1. The molecule has 0 saturated carbocycles. The molecule has 0 fully saturated rings. The number of pyridine rings is 1. The first-order chi connectivity index (χ1) is 10.2. The van der Waals surface area contributed by atoms with Crippen LogP contribution in [0.2, 0.25) is 0 Å². The fraction of sp³-hybridized carbons (Fsp3) is 0.250. The number of imidazole rings is 1. The summed E-state index contributed by atoms with van der Waals surface area (Å²) in [6.07, 6.45) is 1.70. The fourth-order valence-electron chi connectivity index (χ4n) is 2.48. The van der Waals surface area contributed by atoms with E-state index in [1.165, 1.54) is 0 Å². The number of rotatable bonds is 4. The van der Waals surface area contributed by atoms with Gasteiger partial charge in [0, 0.05) is 31.0 Å². The highest BCUT2D eigenvalue weighted by atomic mass is 16.3. The number of hydrogen-bond donors (Lipinski definition) is 2. The molecule has 0 bridgehead atoms. The molecule has 0 aliphatic carbocycles. The molecule has 0 radical (unpaired) electrons. The van der Waals surface area contributed by atoms with Gasteiger partial charge in [-0.3, -0.25) is 0 Å². The highest BCUT2D eigenvalue weighted by Crippen LogP contribution is 2.32. The molecular weight excluding hydrogens is 264 g/mol. The summed E-state index contributed by atoms with van der Waals surface area (Å²) < 4.78 is 0. The average Bonchev–Trinajstić information content (AvgIpc) is 2.92. The van der Waals surface area contributed by atoms with Crippen LogP contribution in [-0.4, -0.2) is 33.1 Å². The molecule has 3 aromatic rings. The lowest BCUT2D eigenvalue weighted by molar-refractivity contribution is 0.477. The first kappa shape index (κ1) is 13.4. The second-order valence-electron chi connectivity index (χ2n) is 4.83. The molecular formula is C16H18N4O. The van der Waals surface area contributed by atoms with E-state index in [0.717, 1.165) is 24.3 Å². The quantitative estimate of drug-likeness (QED) is 0.771. The molecule has 0 unspecified atom stereocenters. The Balaban J connectivity index is 2.02. The number of hydrogen-bond acceptors (Lipinski definition) is 4. The van der Waals surface area contributed by atoms with Crippen LogP contribution in [0.1, 0.15) is 13.8 Å². The summed E-state index contributed by atoms with van der Waals surface area (Å²) in [7, 11) is 0. The van der Waals surface area contributed by atoms with E-state index >= 15 is 0 Å². The number of aromatic hydroxyl groups is 1. The van der Waals surface area contributed by atoms with Crippen LogP contribution in [0.4, 0.5) is 5.69 Å². The van der Waals surface area contributed by atoms with E-state index in [1.54, 1.807) is 12.3 Å². The average molecular weight is 282 g/mol. The molecule has 0 aliphatic rings. The van der Waals surface area contributed by atoms with Gasteiger partial charge in [0.15, 0.2) is 5.65 Å². The molecule has 0 spiro atoms. The second kappa shape index (κ2) is 5.44. The number of phenolic OH excluding ortho intramolecular Hbond substituents is 1. The number of H-pyrrole nitrogens is 1. The highest BCUT2D eigenvalue weighted by Gasteiger charge is 2.12. The van der Waals surface area contributed by atoms with Crippen molar-refractivity contribution in [1.29, 1.82) is 0 Å². The zero-order valence-corrected chi connectivity index (χ0v) is 12.2. The van der Waals surface area contributed by atoms with Crippen LogP contribution in [0.3, 0.4) is 0 Å². The van der Waals surface area contributed by atoms with Crippen molar-refractivity contribution in [3.05, 3.63) is 36.5 Å². The number of nitrogens with zero attached hydrogens (tertiary/aromatic N) is 3. The summed E-state index contributed by atoms with van der Waals surface area (Å²) in [6.45, 7) is 6.01. The van der Waals surface area contributed by atoms with E-state index in [2.05, 4.69) is 33.7 Å². The monoisotopic (exact) mass is 282 g/mol. The van der Waals surface area contributed by atoms with E-state index < -0.39 is 0 Å². The summed E-state index contributed by atoms with van der Waals surface area (Å²) in [4.78, 5) is 14.0. The zero-order chi connectivity index (χ0) is 14.8. The van der Waals surface area contributed by atoms with E-state index in [-0.39, 0.29) is 5.75 Å². The maximum absolute atomic E-state index is 10.3. The summed E-state index contributed by atoms with van der Waals surface area (Å²) in [5, 5.41) is 10.3. The van der Waals surface area contributed by atoms with Gasteiger partial charge in [0.1, 0.15) is 11.6 Å². The van der Waals surface area contributed by atoms with Crippen LogP contribution >= 0.6 is 0 Å². The lowest BCUT2D eigenvalue weighted by Crippen LogP contribution is -2.21. The molecule has 2 aromatic heterocycles. The molecule has 0 saturated heterocycles. The topological polar surface area (TPSA) is 65.0 Å². The van der Waals surface area contributed by atoms with E-state index in [4.69, 9.17) is 0 Å². The standard InChI is InChI=1S/C16H18N4O/c1-3-20(4-2)11-7-8-12(14(21)10-11)15-18-13-6-5-9-17-16(13)19-15/h5-10,21H,3-4H2,1-2H3,(H,17,18,19). The van der Waals surface area contributed by atoms with Crippen molar-refractivity contribution in [3.63, 3.8) is 0 Å². The highest BCUT2D eigenvalue weighted by molar-refractivity contribution is 5.78. The Morgan fingerprint density at radius 2 is 2.00 bits per heavy atom. The van der Waals surface area contributed by atoms with Crippen LogP contribution in [0.25, 0.3) is 22.6 Å². The van der Waals surface area contributed by atoms with Crippen LogP contribution in [0.5, 0.6) is 5.75 Å². The van der Waals surface area contributed by atoms with Crippen molar-refractivity contribution in [2.45, 2.75) is 13.8 Å². The van der Waals surface area contributed by atoms with E-state index in [0.29, 0.717) is 17.0 Å². The van der Waals surface area contributed by atoms with Crippen molar-refractivity contribution in [2.75, 3.05) is 18.0 Å². The molecule has 0 aliphatic heterocycles. The summed E-state index contributed by atoms with van der Waals surface area (Å²) >= 11 is 0. The van der Waals surface area contributed by atoms with Crippen molar-refractivity contribution >= 4 is 16.9 Å². The Hall–Kier alpha value is -2.56. The molecule has 5 nitrogen and oxygen atoms in total. The first-order valence-corrected chi connectivity index (χ1v) is 7.12. The van der Waals surface area contributed by atoms with E-state index in [1.807, 2.05) is 24.3 Å². The van der Waals surface area contributed by atoms with Gasteiger partial charge in [0.05, 0.1) is 11.1 Å². The van der Waals surface area contributed by atoms with Crippen LogP contribution in [-0.2, 0) is 0 Å². The third-order valence-corrected chi connectivity index (χ3v) is 3.62. The van der Waals surface area contributed by atoms with Crippen molar-refractivity contribution in [3.8, 4) is 17.1 Å². The van der Waals surface area contributed by atoms with Gasteiger partial charge in [-0.2, -0.15) is 0 Å². The number of aromatic nitrogens is 3. The molecule has 21 heavy (non-hydrogen) atoms. The largest absolute Gasteiger partial charge is 0.507 e. The Kier molecular flexibility index (Phi) is 3.48. The maximum atomic E-state index is 10.3. The Morgan fingerprint density at radius 1 is 1.19 bits per heavy atom. The molecule has 3 rings (SSSR count). The minimum Gasteiger partial charge on any atom is -0.507 e. The summed E-state index contributed by atoms with van der Waals surface area (Å²) in [6, 6.07) is 9.44. The second-order valence-corrected chi connectivity index (χ2v) is 4.83. The van der Waals surface area contributed by atoms with Gasteiger partial charge in [-0.05, 0) is 38.1 Å². The van der Waals surface area contributed by atoms with Gasteiger partial charge >= 0.3 is 0 Å².